The number of para-hydroxylation sites is 4. The van der Waals surface area contributed by atoms with E-state index in [0.717, 1.165) is 38.5 Å². The van der Waals surface area contributed by atoms with Gasteiger partial charge in [0.15, 0.2) is 0 Å². The van der Waals surface area contributed by atoms with Crippen LogP contribution in [0.3, 0.4) is 0 Å². The maximum atomic E-state index is 9.96. The molecule has 2 aromatic heterocycles. The smallest absolute Gasteiger partial charge is 0.101 e. The van der Waals surface area contributed by atoms with E-state index in [4.69, 9.17) is 0 Å². The van der Waals surface area contributed by atoms with Crippen LogP contribution in [0.5, 0.6) is 0 Å². The molecule has 0 fully saturated rings. The largest absolute Gasteiger partial charge is 0.309 e. The Morgan fingerprint density at radius 3 is 1.78 bits per heavy atom. The van der Waals surface area contributed by atoms with Crippen molar-refractivity contribution in [1.29, 1.82) is 10.5 Å². The molecule has 7 aromatic rings. The molecule has 0 atom stereocenters. The highest BCUT2D eigenvalue weighted by Gasteiger charge is 2.22. The van der Waals surface area contributed by atoms with Gasteiger partial charge in [0, 0.05) is 27.2 Å². The minimum absolute atomic E-state index is 0.473. The van der Waals surface area contributed by atoms with Gasteiger partial charge >= 0.3 is 0 Å². The van der Waals surface area contributed by atoms with Crippen molar-refractivity contribution in [2.45, 2.75) is 0 Å². The topological polar surface area (TPSA) is 57.4 Å². The molecule has 0 amide bonds. The van der Waals surface area contributed by atoms with E-state index in [1.54, 1.807) is 18.2 Å². The normalized spacial score (nSPS) is 11.3. The summed E-state index contributed by atoms with van der Waals surface area (Å²) in [5.74, 6) is 0. The Bertz CT molecular complexity index is 2030. The zero-order chi connectivity index (χ0) is 24.2. The van der Waals surface area contributed by atoms with Crippen molar-refractivity contribution in [3.63, 3.8) is 0 Å². The van der Waals surface area contributed by atoms with E-state index in [1.807, 2.05) is 18.2 Å². The second-order valence-corrected chi connectivity index (χ2v) is 8.82. The highest BCUT2D eigenvalue weighted by molar-refractivity contribution is 6.26. The SMILES string of the molecule is N#Cc1cccc(C#N)c1-n1c2ccccc2c2c1ccc1c3ccccc3n(-c3ccccc3)c12. The number of aromatic nitrogens is 2. The second-order valence-electron chi connectivity index (χ2n) is 8.82. The summed E-state index contributed by atoms with van der Waals surface area (Å²) in [4.78, 5) is 0. The Labute approximate surface area is 207 Å². The van der Waals surface area contributed by atoms with Crippen LogP contribution < -0.4 is 0 Å². The molecule has 0 aliphatic heterocycles. The van der Waals surface area contributed by atoms with Crippen LogP contribution in [0.1, 0.15) is 11.1 Å². The fourth-order valence-electron chi connectivity index (χ4n) is 5.56. The first kappa shape index (κ1) is 20.1. The number of fused-ring (bicyclic) bond motifs is 7. The second kappa shape index (κ2) is 7.60. The Kier molecular flexibility index (Phi) is 4.24. The van der Waals surface area contributed by atoms with E-state index < -0.39 is 0 Å². The molecule has 166 valence electrons. The van der Waals surface area contributed by atoms with E-state index in [1.165, 1.54) is 10.8 Å². The summed E-state index contributed by atoms with van der Waals surface area (Å²) in [5.41, 5.74) is 6.83. The van der Waals surface area contributed by atoms with Crippen molar-refractivity contribution in [2.24, 2.45) is 0 Å². The van der Waals surface area contributed by atoms with Gasteiger partial charge in [-0.15, -0.1) is 0 Å². The molecule has 0 aliphatic rings. The molecule has 4 heteroatoms. The Hall–Kier alpha value is -5.32. The summed E-state index contributed by atoms with van der Waals surface area (Å²) >= 11 is 0. The van der Waals surface area contributed by atoms with Crippen molar-refractivity contribution in [2.75, 3.05) is 0 Å². The lowest BCUT2D eigenvalue weighted by Crippen LogP contribution is -2.01. The molecule has 0 N–H and O–H groups in total. The van der Waals surface area contributed by atoms with Crippen LogP contribution in [0, 0.1) is 22.7 Å². The monoisotopic (exact) mass is 458 g/mol. The Balaban J connectivity index is 1.78. The lowest BCUT2D eigenvalue weighted by Gasteiger charge is -2.12. The predicted molar refractivity (Wildman–Crippen MR) is 145 cm³/mol. The van der Waals surface area contributed by atoms with Crippen LogP contribution in [0.15, 0.2) is 109 Å². The van der Waals surface area contributed by atoms with Gasteiger partial charge in [-0.1, -0.05) is 66.7 Å². The summed E-state index contributed by atoms with van der Waals surface area (Å²) in [6, 6.07) is 41.3. The van der Waals surface area contributed by atoms with Gasteiger partial charge in [-0.25, -0.2) is 0 Å². The van der Waals surface area contributed by atoms with Crippen LogP contribution in [0.25, 0.3) is 55.0 Å². The molecule has 4 nitrogen and oxygen atoms in total. The third-order valence-corrected chi connectivity index (χ3v) is 6.98. The van der Waals surface area contributed by atoms with Gasteiger partial charge in [-0.3, -0.25) is 0 Å². The van der Waals surface area contributed by atoms with Gasteiger partial charge in [0.05, 0.1) is 38.9 Å². The zero-order valence-corrected chi connectivity index (χ0v) is 19.2. The fraction of sp³-hybridized carbons (Fsp3) is 0. The quantitative estimate of drug-likeness (QED) is 0.267. The van der Waals surface area contributed by atoms with E-state index >= 15 is 0 Å². The van der Waals surface area contributed by atoms with Crippen LogP contribution in [0.2, 0.25) is 0 Å². The van der Waals surface area contributed by atoms with Gasteiger partial charge in [0.2, 0.25) is 0 Å². The first-order valence-electron chi connectivity index (χ1n) is 11.8. The molecular formula is C32H18N4. The van der Waals surface area contributed by atoms with Gasteiger partial charge in [-0.2, -0.15) is 10.5 Å². The van der Waals surface area contributed by atoms with E-state index in [0.29, 0.717) is 16.8 Å². The van der Waals surface area contributed by atoms with Crippen LogP contribution in [-0.4, -0.2) is 9.13 Å². The van der Waals surface area contributed by atoms with Crippen molar-refractivity contribution in [3.05, 3.63) is 120 Å². The maximum absolute atomic E-state index is 9.96. The standard InChI is InChI=1S/C32H18N4/c33-19-21-9-8-10-22(20-34)31(21)36-28-16-7-5-14-26(28)30-29(36)18-17-25-24-13-4-6-15-27(24)35(32(25)30)23-11-2-1-3-12-23/h1-18H. The minimum Gasteiger partial charge on any atom is -0.309 e. The molecule has 0 bridgehead atoms. The number of nitriles is 2. The minimum atomic E-state index is 0.473. The summed E-state index contributed by atoms with van der Waals surface area (Å²) in [5, 5.41) is 24.5. The third-order valence-electron chi connectivity index (χ3n) is 6.98. The molecule has 7 rings (SSSR count). The number of benzene rings is 5. The van der Waals surface area contributed by atoms with Gasteiger partial charge in [-0.05, 0) is 42.5 Å². The zero-order valence-electron chi connectivity index (χ0n) is 19.2. The maximum Gasteiger partial charge on any atom is 0.101 e. The summed E-state index contributed by atoms with van der Waals surface area (Å²) in [6.45, 7) is 0. The first-order chi connectivity index (χ1) is 17.8. The summed E-state index contributed by atoms with van der Waals surface area (Å²) in [7, 11) is 0. The van der Waals surface area contributed by atoms with Gasteiger partial charge in [0.25, 0.3) is 0 Å². The lowest BCUT2D eigenvalue weighted by molar-refractivity contribution is 1.15. The molecule has 2 heterocycles. The van der Waals surface area contributed by atoms with E-state index in [2.05, 4.69) is 94.1 Å². The highest BCUT2D eigenvalue weighted by atomic mass is 15.0. The Morgan fingerprint density at radius 1 is 0.472 bits per heavy atom. The molecule has 0 saturated heterocycles. The van der Waals surface area contributed by atoms with Gasteiger partial charge in [0.1, 0.15) is 12.1 Å². The van der Waals surface area contributed by atoms with Crippen LogP contribution in [-0.2, 0) is 0 Å². The average Bonchev–Trinajstić information content (AvgIpc) is 3.45. The summed E-state index contributed by atoms with van der Waals surface area (Å²) in [6.07, 6.45) is 0. The highest BCUT2D eigenvalue weighted by Crippen LogP contribution is 2.42. The number of rotatable bonds is 2. The van der Waals surface area contributed by atoms with Crippen molar-refractivity contribution < 1.29 is 0 Å². The lowest BCUT2D eigenvalue weighted by atomic mass is 10.1. The molecular weight excluding hydrogens is 440 g/mol. The number of nitrogens with zero attached hydrogens (tertiary/aromatic N) is 4. The van der Waals surface area contributed by atoms with Gasteiger partial charge < -0.3 is 9.13 Å². The van der Waals surface area contributed by atoms with Crippen LogP contribution >= 0.6 is 0 Å². The number of hydrogen-bond acceptors (Lipinski definition) is 2. The van der Waals surface area contributed by atoms with Crippen LogP contribution in [0.4, 0.5) is 0 Å². The molecule has 0 saturated carbocycles. The molecule has 36 heavy (non-hydrogen) atoms. The van der Waals surface area contributed by atoms with E-state index in [-0.39, 0.29) is 0 Å². The molecule has 0 radical (unpaired) electrons. The molecule has 0 spiro atoms. The van der Waals surface area contributed by atoms with Crippen molar-refractivity contribution in [3.8, 4) is 23.5 Å². The fourth-order valence-corrected chi connectivity index (χ4v) is 5.56. The van der Waals surface area contributed by atoms with Crippen molar-refractivity contribution >= 4 is 43.6 Å². The number of hydrogen-bond donors (Lipinski definition) is 0. The Morgan fingerprint density at radius 2 is 1.08 bits per heavy atom. The van der Waals surface area contributed by atoms with E-state index in [9.17, 15) is 10.5 Å². The average molecular weight is 459 g/mol. The summed E-state index contributed by atoms with van der Waals surface area (Å²) < 4.78 is 4.40. The predicted octanol–water partition coefficient (Wildman–Crippen LogP) is 7.62. The molecule has 5 aromatic carbocycles. The molecule has 0 unspecified atom stereocenters. The third kappa shape index (κ3) is 2.61. The first-order valence-corrected chi connectivity index (χ1v) is 11.8. The van der Waals surface area contributed by atoms with Crippen molar-refractivity contribution in [1.82, 2.24) is 9.13 Å². The molecule has 0 aliphatic carbocycles.